The molecule has 13 heavy (non-hydrogen) atoms. The van der Waals surface area contributed by atoms with Gasteiger partial charge in [-0.05, 0) is 6.42 Å². The Kier molecular flexibility index (Phi) is 6.80. The van der Waals surface area contributed by atoms with Crippen LogP contribution in [0.3, 0.4) is 0 Å². The lowest BCUT2D eigenvalue weighted by Gasteiger charge is -2.12. The van der Waals surface area contributed by atoms with Crippen LogP contribution in [0.2, 0.25) is 0 Å². The maximum atomic E-state index is 10.7. The van der Waals surface area contributed by atoms with E-state index in [4.69, 9.17) is 5.11 Å². The maximum Gasteiger partial charge on any atom is 0.320 e. The Morgan fingerprint density at radius 1 is 1.62 bits per heavy atom. The number of rotatable bonds is 7. The second-order valence-electron chi connectivity index (χ2n) is 2.91. The molecular weight excluding hydrogens is 190 g/mol. The predicted molar refractivity (Wildman–Crippen MR) is 53.3 cm³/mol. The summed E-state index contributed by atoms with van der Waals surface area (Å²) in [5.41, 5.74) is 0. The topological polar surface area (TPSA) is 66.4 Å². The molecule has 0 aromatic rings. The van der Waals surface area contributed by atoms with Gasteiger partial charge in [0.05, 0.1) is 0 Å². The highest BCUT2D eigenvalue weighted by Crippen LogP contribution is 1.96. The molecule has 2 unspecified atom stereocenters. The third kappa shape index (κ3) is 6.72. The minimum atomic E-state index is -0.855. The second kappa shape index (κ2) is 7.03. The monoisotopic (exact) mass is 207 g/mol. The number of nitrogens with one attached hydrogen (secondary N) is 1. The van der Waals surface area contributed by atoms with Crippen molar-refractivity contribution in [3.63, 3.8) is 0 Å². The Bertz CT molecular complexity index is 184. The van der Waals surface area contributed by atoms with Crippen molar-refractivity contribution in [2.75, 3.05) is 18.6 Å². The molecule has 78 valence electrons. The van der Waals surface area contributed by atoms with Crippen LogP contribution in [0.5, 0.6) is 0 Å². The van der Waals surface area contributed by atoms with Gasteiger partial charge >= 0.3 is 5.97 Å². The Morgan fingerprint density at radius 3 is 2.62 bits per heavy atom. The van der Waals surface area contributed by atoms with Crippen molar-refractivity contribution in [1.29, 1.82) is 0 Å². The third-order valence-corrected chi connectivity index (χ3v) is 2.43. The van der Waals surface area contributed by atoms with E-state index < -0.39 is 22.8 Å². The van der Waals surface area contributed by atoms with E-state index in [0.717, 1.165) is 6.42 Å². The SMILES string of the molecule is CCCC(NCCS(C)=O)C(=O)O. The zero-order valence-electron chi connectivity index (χ0n) is 8.08. The summed E-state index contributed by atoms with van der Waals surface area (Å²) in [7, 11) is -0.855. The number of carbonyl (C=O) groups is 1. The molecule has 0 bridgehead atoms. The van der Waals surface area contributed by atoms with E-state index >= 15 is 0 Å². The summed E-state index contributed by atoms with van der Waals surface area (Å²) in [5, 5.41) is 11.6. The number of aliphatic carboxylic acids is 1. The first-order chi connectivity index (χ1) is 6.07. The average molecular weight is 207 g/mol. The molecule has 0 heterocycles. The van der Waals surface area contributed by atoms with Gasteiger partial charge in [0.15, 0.2) is 0 Å². The molecule has 0 aromatic heterocycles. The van der Waals surface area contributed by atoms with E-state index in [-0.39, 0.29) is 0 Å². The molecule has 0 spiro atoms. The Balaban J connectivity index is 3.69. The molecule has 0 fully saturated rings. The van der Waals surface area contributed by atoms with Crippen LogP contribution in [-0.2, 0) is 15.6 Å². The summed E-state index contributed by atoms with van der Waals surface area (Å²) >= 11 is 0. The smallest absolute Gasteiger partial charge is 0.320 e. The Hall–Kier alpha value is -0.420. The molecule has 2 atom stereocenters. The minimum Gasteiger partial charge on any atom is -0.480 e. The molecular formula is C8H17NO3S. The standard InChI is InChI=1S/C8H17NO3S/c1-3-4-7(8(10)11)9-5-6-13(2)12/h7,9H,3-6H2,1-2H3,(H,10,11). The number of carboxylic acid groups (broad SMARTS) is 1. The lowest BCUT2D eigenvalue weighted by Crippen LogP contribution is -2.38. The molecule has 0 saturated heterocycles. The van der Waals surface area contributed by atoms with Crippen LogP contribution in [0.25, 0.3) is 0 Å². The Labute approximate surface area is 81.2 Å². The molecule has 0 rings (SSSR count). The second-order valence-corrected chi connectivity index (χ2v) is 4.47. The maximum absolute atomic E-state index is 10.7. The average Bonchev–Trinajstić information content (AvgIpc) is 2.02. The lowest BCUT2D eigenvalue weighted by atomic mass is 10.2. The van der Waals surface area contributed by atoms with Crippen LogP contribution < -0.4 is 5.32 Å². The first-order valence-corrected chi connectivity index (χ1v) is 6.06. The van der Waals surface area contributed by atoms with Crippen LogP contribution in [0, 0.1) is 0 Å². The summed E-state index contributed by atoms with van der Waals surface area (Å²) in [6, 6.07) is -0.492. The highest BCUT2D eigenvalue weighted by atomic mass is 32.2. The zero-order valence-corrected chi connectivity index (χ0v) is 8.89. The fourth-order valence-corrected chi connectivity index (χ4v) is 1.38. The molecule has 0 radical (unpaired) electrons. The normalized spacial score (nSPS) is 15.2. The summed E-state index contributed by atoms with van der Waals surface area (Å²) < 4.78 is 10.7. The molecule has 2 N–H and O–H groups in total. The van der Waals surface area contributed by atoms with Crippen molar-refractivity contribution in [2.24, 2.45) is 0 Å². The van der Waals surface area contributed by atoms with Gasteiger partial charge in [-0.1, -0.05) is 13.3 Å². The van der Waals surface area contributed by atoms with E-state index in [1.54, 1.807) is 6.26 Å². The van der Waals surface area contributed by atoms with Crippen LogP contribution in [0.15, 0.2) is 0 Å². The van der Waals surface area contributed by atoms with Gasteiger partial charge in [0.25, 0.3) is 0 Å². The zero-order chi connectivity index (χ0) is 10.3. The fraction of sp³-hybridized carbons (Fsp3) is 0.875. The molecule has 0 aromatic carbocycles. The number of hydrogen-bond acceptors (Lipinski definition) is 3. The fourth-order valence-electron chi connectivity index (χ4n) is 0.978. The van der Waals surface area contributed by atoms with Crippen LogP contribution in [-0.4, -0.2) is 39.9 Å². The minimum absolute atomic E-state index is 0.492. The Morgan fingerprint density at radius 2 is 2.23 bits per heavy atom. The summed E-state index contributed by atoms with van der Waals surface area (Å²) in [6.45, 7) is 2.44. The molecule has 4 nitrogen and oxygen atoms in total. The van der Waals surface area contributed by atoms with Crippen molar-refractivity contribution >= 4 is 16.8 Å². The van der Waals surface area contributed by atoms with Crippen molar-refractivity contribution in [1.82, 2.24) is 5.32 Å². The van der Waals surface area contributed by atoms with E-state index in [1.165, 1.54) is 0 Å². The van der Waals surface area contributed by atoms with Crippen LogP contribution in [0.4, 0.5) is 0 Å². The first-order valence-electron chi connectivity index (χ1n) is 4.34. The summed E-state index contributed by atoms with van der Waals surface area (Å²) in [4.78, 5) is 10.6. The lowest BCUT2D eigenvalue weighted by molar-refractivity contribution is -0.139. The van der Waals surface area contributed by atoms with Crippen LogP contribution >= 0.6 is 0 Å². The largest absolute Gasteiger partial charge is 0.480 e. The van der Waals surface area contributed by atoms with Crippen LogP contribution in [0.1, 0.15) is 19.8 Å². The molecule has 0 aliphatic carbocycles. The summed E-state index contributed by atoms with van der Waals surface area (Å²) in [5.74, 6) is -0.322. The van der Waals surface area contributed by atoms with Gasteiger partial charge in [0.2, 0.25) is 0 Å². The van der Waals surface area contributed by atoms with Gasteiger partial charge in [-0.3, -0.25) is 9.00 Å². The molecule has 0 saturated carbocycles. The van der Waals surface area contributed by atoms with Crippen molar-refractivity contribution in [2.45, 2.75) is 25.8 Å². The number of hydrogen-bond donors (Lipinski definition) is 2. The number of carboxylic acids is 1. The first kappa shape index (κ1) is 12.6. The van der Waals surface area contributed by atoms with Gasteiger partial charge in [-0.2, -0.15) is 0 Å². The van der Waals surface area contributed by atoms with Crippen molar-refractivity contribution < 1.29 is 14.1 Å². The van der Waals surface area contributed by atoms with E-state index in [9.17, 15) is 9.00 Å². The predicted octanol–water partition coefficient (Wildman–Crippen LogP) is 0.208. The molecule has 0 aliphatic heterocycles. The van der Waals surface area contributed by atoms with Gasteiger partial charge in [-0.15, -0.1) is 0 Å². The van der Waals surface area contributed by atoms with Crippen molar-refractivity contribution in [3.05, 3.63) is 0 Å². The van der Waals surface area contributed by atoms with Crippen molar-refractivity contribution in [3.8, 4) is 0 Å². The highest BCUT2D eigenvalue weighted by Gasteiger charge is 2.14. The van der Waals surface area contributed by atoms with Gasteiger partial charge < -0.3 is 10.4 Å². The quantitative estimate of drug-likeness (QED) is 0.626. The van der Waals surface area contributed by atoms with Gasteiger partial charge in [0.1, 0.15) is 6.04 Å². The van der Waals surface area contributed by atoms with E-state index in [0.29, 0.717) is 18.7 Å². The summed E-state index contributed by atoms with van der Waals surface area (Å²) in [6.07, 6.45) is 3.06. The third-order valence-electron chi connectivity index (χ3n) is 1.66. The molecule has 0 amide bonds. The van der Waals surface area contributed by atoms with Gasteiger partial charge in [0, 0.05) is 29.4 Å². The molecule has 5 heteroatoms. The van der Waals surface area contributed by atoms with E-state index in [2.05, 4.69) is 5.32 Å². The molecule has 0 aliphatic rings. The van der Waals surface area contributed by atoms with Gasteiger partial charge in [-0.25, -0.2) is 0 Å². The highest BCUT2D eigenvalue weighted by molar-refractivity contribution is 7.84. The van der Waals surface area contributed by atoms with E-state index in [1.807, 2.05) is 6.92 Å².